The van der Waals surface area contributed by atoms with Gasteiger partial charge in [-0.25, -0.2) is 0 Å². The van der Waals surface area contributed by atoms with Gasteiger partial charge in [0.2, 0.25) is 0 Å². The van der Waals surface area contributed by atoms with Crippen LogP contribution in [0.15, 0.2) is 0 Å². The second kappa shape index (κ2) is 4.88. The number of hydroxylamine groups is 1. The van der Waals surface area contributed by atoms with Crippen LogP contribution in [-0.2, 0) is 4.84 Å². The first-order chi connectivity index (χ1) is 2.91. The lowest BCUT2D eigenvalue weighted by atomic mass is 10.7. The van der Waals surface area contributed by atoms with E-state index in [0.29, 0.717) is 6.54 Å². The van der Waals surface area contributed by atoms with Crippen molar-refractivity contribution in [3.8, 4) is 0 Å². The second-order valence-electron chi connectivity index (χ2n) is 0.759. The van der Waals surface area contributed by atoms with Gasteiger partial charge in [-0.2, -0.15) is 0 Å². The SMILES string of the molecule is CO[N]CCO. The van der Waals surface area contributed by atoms with Crippen molar-refractivity contribution in [3.05, 3.63) is 0 Å². The highest BCUT2D eigenvalue weighted by atomic mass is 16.6. The summed E-state index contributed by atoms with van der Waals surface area (Å²) in [5, 5.41) is 8.02. The van der Waals surface area contributed by atoms with E-state index in [4.69, 9.17) is 5.11 Å². The van der Waals surface area contributed by atoms with E-state index in [9.17, 15) is 0 Å². The molecule has 1 radical (unpaired) electrons. The predicted octanol–water partition coefficient (Wildman–Crippen LogP) is -0.855. The molecule has 37 valence electrons. The summed E-state index contributed by atoms with van der Waals surface area (Å²) in [5.41, 5.74) is 3.34. The molecule has 0 bridgehead atoms. The first-order valence-electron chi connectivity index (χ1n) is 1.72. The molecule has 0 aliphatic carbocycles. The Morgan fingerprint density at radius 3 is 2.67 bits per heavy atom. The summed E-state index contributed by atoms with van der Waals surface area (Å²) in [6.45, 7) is 0.435. The van der Waals surface area contributed by atoms with Gasteiger partial charge in [-0.05, 0) is 0 Å². The van der Waals surface area contributed by atoms with Crippen LogP contribution in [0.1, 0.15) is 0 Å². The van der Waals surface area contributed by atoms with E-state index in [1.807, 2.05) is 0 Å². The predicted molar refractivity (Wildman–Crippen MR) is 21.1 cm³/mol. The molecule has 0 unspecified atom stereocenters. The van der Waals surface area contributed by atoms with Crippen LogP contribution in [0.5, 0.6) is 0 Å². The maximum Gasteiger partial charge on any atom is 0.0658 e. The van der Waals surface area contributed by atoms with E-state index in [2.05, 4.69) is 10.3 Å². The molecule has 6 heavy (non-hydrogen) atoms. The fraction of sp³-hybridized carbons (Fsp3) is 1.00. The van der Waals surface area contributed by atoms with Gasteiger partial charge in [0.15, 0.2) is 0 Å². The van der Waals surface area contributed by atoms with Gasteiger partial charge in [0, 0.05) is 0 Å². The van der Waals surface area contributed by atoms with Crippen LogP contribution in [0.25, 0.3) is 0 Å². The van der Waals surface area contributed by atoms with Gasteiger partial charge in [0.1, 0.15) is 0 Å². The summed E-state index contributed by atoms with van der Waals surface area (Å²) < 4.78 is 0. The fourth-order valence-electron chi connectivity index (χ4n) is 0.132. The van der Waals surface area contributed by atoms with Crippen molar-refractivity contribution in [2.24, 2.45) is 0 Å². The first-order valence-corrected chi connectivity index (χ1v) is 1.72. The number of hydrogen-bond acceptors (Lipinski definition) is 2. The molecule has 0 aromatic heterocycles. The summed E-state index contributed by atoms with van der Waals surface area (Å²) in [6.07, 6.45) is 0. The molecule has 0 aromatic carbocycles. The van der Waals surface area contributed by atoms with E-state index in [1.54, 1.807) is 0 Å². The van der Waals surface area contributed by atoms with Gasteiger partial charge < -0.3 is 5.11 Å². The molecule has 0 rings (SSSR count). The van der Waals surface area contributed by atoms with E-state index in [-0.39, 0.29) is 6.61 Å². The van der Waals surface area contributed by atoms with Crippen molar-refractivity contribution in [2.75, 3.05) is 20.3 Å². The summed E-state index contributed by atoms with van der Waals surface area (Å²) in [7, 11) is 1.45. The molecule has 0 aliphatic rings. The topological polar surface area (TPSA) is 43.6 Å². The van der Waals surface area contributed by atoms with Crippen LogP contribution in [0.2, 0.25) is 0 Å². The normalized spacial score (nSPS) is 9.00. The van der Waals surface area contributed by atoms with E-state index < -0.39 is 0 Å². The molecular weight excluding hydrogens is 82.0 g/mol. The molecule has 0 saturated carbocycles. The van der Waals surface area contributed by atoms with Crippen LogP contribution in [0, 0.1) is 0 Å². The third kappa shape index (κ3) is 3.88. The standard InChI is InChI=1S/C3H8NO2/c1-6-4-2-3-5/h5H,2-3H2,1H3. The molecule has 0 aromatic rings. The Kier molecular flexibility index (Phi) is 4.78. The number of hydrogen-bond donors (Lipinski definition) is 1. The van der Waals surface area contributed by atoms with Crippen molar-refractivity contribution in [3.63, 3.8) is 0 Å². The average molecular weight is 90.1 g/mol. The van der Waals surface area contributed by atoms with Crippen molar-refractivity contribution in [1.82, 2.24) is 5.48 Å². The molecule has 0 amide bonds. The highest BCUT2D eigenvalue weighted by Gasteiger charge is 1.75. The van der Waals surface area contributed by atoms with Gasteiger partial charge >= 0.3 is 0 Å². The van der Waals surface area contributed by atoms with Crippen molar-refractivity contribution >= 4 is 0 Å². The Labute approximate surface area is 36.9 Å². The smallest absolute Gasteiger partial charge is 0.0658 e. The minimum absolute atomic E-state index is 0.0633. The highest BCUT2D eigenvalue weighted by Crippen LogP contribution is 1.55. The zero-order valence-electron chi connectivity index (χ0n) is 3.72. The number of nitrogens with zero attached hydrogens (tertiary/aromatic N) is 1. The Morgan fingerprint density at radius 2 is 2.50 bits per heavy atom. The largest absolute Gasteiger partial charge is 0.395 e. The number of rotatable bonds is 3. The fourth-order valence-corrected chi connectivity index (χ4v) is 0.132. The third-order valence-corrected chi connectivity index (χ3v) is 0.320. The maximum absolute atomic E-state index is 8.02. The highest BCUT2D eigenvalue weighted by molar-refractivity contribution is 4.21. The lowest BCUT2D eigenvalue weighted by Crippen LogP contribution is -2.07. The van der Waals surface area contributed by atoms with Crippen LogP contribution < -0.4 is 5.48 Å². The van der Waals surface area contributed by atoms with Gasteiger partial charge in [-0.1, -0.05) is 5.48 Å². The quantitative estimate of drug-likeness (QED) is 0.362. The Hall–Kier alpha value is -0.120. The van der Waals surface area contributed by atoms with Crippen LogP contribution in [0.3, 0.4) is 0 Å². The van der Waals surface area contributed by atoms with E-state index in [0.717, 1.165) is 0 Å². The summed E-state index contributed by atoms with van der Waals surface area (Å²) in [5.74, 6) is 0. The minimum Gasteiger partial charge on any atom is -0.395 e. The molecule has 0 heterocycles. The maximum atomic E-state index is 8.02. The van der Waals surface area contributed by atoms with Gasteiger partial charge in [-0.3, -0.25) is 4.84 Å². The Morgan fingerprint density at radius 1 is 1.83 bits per heavy atom. The molecule has 0 saturated heterocycles. The van der Waals surface area contributed by atoms with Gasteiger partial charge in [0.25, 0.3) is 0 Å². The number of aliphatic hydroxyl groups is 1. The second-order valence-corrected chi connectivity index (χ2v) is 0.759. The van der Waals surface area contributed by atoms with Crippen LogP contribution >= 0.6 is 0 Å². The molecule has 1 N–H and O–H groups in total. The molecule has 0 spiro atoms. The van der Waals surface area contributed by atoms with Crippen LogP contribution in [0.4, 0.5) is 0 Å². The molecule has 3 nitrogen and oxygen atoms in total. The summed E-state index contributed by atoms with van der Waals surface area (Å²) >= 11 is 0. The Bertz CT molecular complexity index is 20.8. The number of aliphatic hydroxyl groups excluding tert-OH is 1. The monoisotopic (exact) mass is 90.1 g/mol. The van der Waals surface area contributed by atoms with E-state index >= 15 is 0 Å². The molecule has 0 aliphatic heterocycles. The molecular formula is C3H8NO2. The molecule has 3 heteroatoms. The summed E-state index contributed by atoms with van der Waals surface area (Å²) in [4.78, 5) is 4.25. The lowest BCUT2D eigenvalue weighted by Gasteiger charge is -1.88. The first kappa shape index (κ1) is 5.88. The summed E-state index contributed by atoms with van der Waals surface area (Å²) in [6, 6.07) is 0. The van der Waals surface area contributed by atoms with Crippen molar-refractivity contribution in [1.29, 1.82) is 0 Å². The Balaban J connectivity index is 2.34. The minimum atomic E-state index is 0.0633. The molecule has 0 atom stereocenters. The van der Waals surface area contributed by atoms with E-state index in [1.165, 1.54) is 7.11 Å². The van der Waals surface area contributed by atoms with Gasteiger partial charge in [-0.15, -0.1) is 0 Å². The molecule has 0 fully saturated rings. The van der Waals surface area contributed by atoms with Gasteiger partial charge in [0.05, 0.1) is 20.3 Å². The zero-order valence-corrected chi connectivity index (χ0v) is 3.72. The zero-order chi connectivity index (χ0) is 4.83. The van der Waals surface area contributed by atoms with Crippen molar-refractivity contribution < 1.29 is 9.94 Å². The van der Waals surface area contributed by atoms with Crippen molar-refractivity contribution in [2.45, 2.75) is 0 Å². The lowest BCUT2D eigenvalue weighted by molar-refractivity contribution is 0.0690. The third-order valence-electron chi connectivity index (χ3n) is 0.320. The average Bonchev–Trinajstić information content (AvgIpc) is 1.61. The van der Waals surface area contributed by atoms with Crippen LogP contribution in [-0.4, -0.2) is 25.4 Å².